The second-order valence-corrected chi connectivity index (χ2v) is 6.30. The molecule has 3 rings (SSSR count). The molecule has 1 amide bonds. The summed E-state index contributed by atoms with van der Waals surface area (Å²) in [5.41, 5.74) is 11.2. The van der Waals surface area contributed by atoms with Gasteiger partial charge in [-0.25, -0.2) is 4.98 Å². The fourth-order valence-corrected chi connectivity index (χ4v) is 2.90. The van der Waals surface area contributed by atoms with E-state index >= 15 is 0 Å². The van der Waals surface area contributed by atoms with Crippen LogP contribution in [-0.4, -0.2) is 27.6 Å². The number of H-pyrrole nitrogens is 1. The molecule has 0 aliphatic rings. The molecule has 1 atom stereocenters. The number of aromatic amines is 1. The average molecular weight is 341 g/mol. The summed E-state index contributed by atoms with van der Waals surface area (Å²) in [6.45, 7) is 6.22. The lowest BCUT2D eigenvalue weighted by Gasteiger charge is -2.12. The van der Waals surface area contributed by atoms with Crippen LogP contribution in [0.5, 0.6) is 0 Å². The minimum absolute atomic E-state index is 0.208. The number of hydrogen-bond acceptors (Lipinski definition) is 5. The predicted octanol–water partition coefficient (Wildman–Crippen LogP) is 2.22. The van der Waals surface area contributed by atoms with Crippen LogP contribution in [0.4, 0.5) is 0 Å². The molecule has 0 saturated heterocycles. The van der Waals surface area contributed by atoms with Gasteiger partial charge in [0.2, 0.25) is 5.91 Å². The first-order chi connectivity index (χ1) is 12.0. The molecule has 1 unspecified atom stereocenters. The van der Waals surface area contributed by atoms with Crippen LogP contribution in [0.3, 0.4) is 0 Å². The van der Waals surface area contributed by atoms with Crippen molar-refractivity contribution >= 4 is 17.0 Å². The fourth-order valence-electron chi connectivity index (χ4n) is 2.90. The molecule has 2 heterocycles. The van der Waals surface area contributed by atoms with Crippen LogP contribution in [0.25, 0.3) is 11.1 Å². The third kappa shape index (κ3) is 3.71. The Labute approximate surface area is 146 Å². The van der Waals surface area contributed by atoms with Crippen LogP contribution in [-0.2, 0) is 11.2 Å². The van der Waals surface area contributed by atoms with E-state index in [0.29, 0.717) is 18.9 Å². The number of nitrogens with one attached hydrogen (secondary N) is 2. The number of oxazole rings is 1. The van der Waals surface area contributed by atoms with Crippen molar-refractivity contribution in [3.63, 3.8) is 0 Å². The van der Waals surface area contributed by atoms with Gasteiger partial charge in [0.15, 0.2) is 11.5 Å². The van der Waals surface area contributed by atoms with Crippen molar-refractivity contribution in [1.82, 2.24) is 20.5 Å². The number of rotatable bonds is 6. The number of nitrogens with two attached hydrogens (primary N) is 1. The molecule has 0 spiro atoms. The zero-order valence-electron chi connectivity index (χ0n) is 14.7. The highest BCUT2D eigenvalue weighted by Gasteiger charge is 2.21. The number of aromatic nitrogens is 3. The van der Waals surface area contributed by atoms with E-state index in [-0.39, 0.29) is 5.91 Å². The lowest BCUT2D eigenvalue weighted by Crippen LogP contribution is -2.35. The minimum atomic E-state index is -0.717. The monoisotopic (exact) mass is 341 g/mol. The largest absolute Gasteiger partial charge is 0.441 e. The number of amides is 1. The van der Waals surface area contributed by atoms with E-state index < -0.39 is 6.04 Å². The molecule has 0 aliphatic carbocycles. The predicted molar refractivity (Wildman–Crippen MR) is 95.1 cm³/mol. The second kappa shape index (κ2) is 7.06. The van der Waals surface area contributed by atoms with E-state index in [1.807, 2.05) is 39.0 Å². The van der Waals surface area contributed by atoms with E-state index in [1.165, 1.54) is 0 Å². The van der Waals surface area contributed by atoms with Gasteiger partial charge in [-0.2, -0.15) is 5.10 Å². The van der Waals surface area contributed by atoms with Gasteiger partial charge < -0.3 is 15.5 Å². The summed E-state index contributed by atoms with van der Waals surface area (Å²) in [7, 11) is 0. The van der Waals surface area contributed by atoms with Gasteiger partial charge in [0, 0.05) is 24.2 Å². The average Bonchev–Trinajstić information content (AvgIpc) is 3.13. The smallest absolute Gasteiger partial charge is 0.241 e. The third-order valence-corrected chi connectivity index (χ3v) is 4.23. The maximum absolute atomic E-state index is 12.2. The molecule has 7 nitrogen and oxygen atoms in total. The molecule has 1 aromatic carbocycles. The van der Waals surface area contributed by atoms with Crippen molar-refractivity contribution in [2.45, 2.75) is 39.7 Å². The molecule has 2 aromatic heterocycles. The molecule has 0 saturated carbocycles. The Hall–Kier alpha value is -2.67. The van der Waals surface area contributed by atoms with Gasteiger partial charge in [0.05, 0.1) is 5.69 Å². The van der Waals surface area contributed by atoms with Crippen LogP contribution in [0.1, 0.15) is 40.9 Å². The van der Waals surface area contributed by atoms with Crippen LogP contribution in [0.2, 0.25) is 0 Å². The molecule has 3 aromatic rings. The Balaban J connectivity index is 1.51. The van der Waals surface area contributed by atoms with Crippen LogP contribution < -0.4 is 11.1 Å². The number of aryl methyl sites for hydroxylation is 4. The number of fused-ring (bicyclic) bond motifs is 1. The van der Waals surface area contributed by atoms with Gasteiger partial charge in [-0.1, -0.05) is 6.07 Å². The van der Waals surface area contributed by atoms with Crippen molar-refractivity contribution in [3.05, 3.63) is 46.6 Å². The van der Waals surface area contributed by atoms with Crippen molar-refractivity contribution in [2.75, 3.05) is 6.54 Å². The first-order valence-corrected chi connectivity index (χ1v) is 8.36. The van der Waals surface area contributed by atoms with Crippen molar-refractivity contribution in [1.29, 1.82) is 0 Å². The summed E-state index contributed by atoms with van der Waals surface area (Å²) >= 11 is 0. The number of carbonyl (C=O) groups excluding carboxylic acids is 1. The van der Waals surface area contributed by atoms with E-state index in [0.717, 1.165) is 40.0 Å². The first-order valence-electron chi connectivity index (χ1n) is 8.36. The maximum atomic E-state index is 12.2. The Kier molecular flexibility index (Phi) is 4.85. The summed E-state index contributed by atoms with van der Waals surface area (Å²) in [6, 6.07) is 5.22. The Bertz CT molecular complexity index is 877. The highest BCUT2D eigenvalue weighted by molar-refractivity contribution is 5.83. The Morgan fingerprint density at radius 2 is 2.16 bits per heavy atom. The summed E-state index contributed by atoms with van der Waals surface area (Å²) < 4.78 is 5.73. The molecule has 25 heavy (non-hydrogen) atoms. The number of carbonyl (C=O) groups is 1. The van der Waals surface area contributed by atoms with Gasteiger partial charge in [-0.3, -0.25) is 9.89 Å². The standard InChI is InChI=1S/C18H23N5O2/c1-10-6-7-13-14(9-10)25-15(21-13)5-4-8-20-18(24)17(19)16-11(2)22-23-12(16)3/h6-7,9,17H,4-5,8,19H2,1-3H3,(H,20,24)(H,22,23). The molecule has 0 bridgehead atoms. The van der Waals surface area contributed by atoms with E-state index in [2.05, 4.69) is 20.5 Å². The van der Waals surface area contributed by atoms with Gasteiger partial charge in [0.1, 0.15) is 11.6 Å². The maximum Gasteiger partial charge on any atom is 0.241 e. The number of nitrogens with zero attached hydrogens (tertiary/aromatic N) is 2. The zero-order chi connectivity index (χ0) is 18.0. The van der Waals surface area contributed by atoms with Crippen molar-refractivity contribution in [3.8, 4) is 0 Å². The van der Waals surface area contributed by atoms with Gasteiger partial charge >= 0.3 is 0 Å². The summed E-state index contributed by atoms with van der Waals surface area (Å²) in [4.78, 5) is 16.7. The number of benzene rings is 1. The van der Waals surface area contributed by atoms with Crippen LogP contribution in [0, 0.1) is 20.8 Å². The Morgan fingerprint density at radius 1 is 1.36 bits per heavy atom. The van der Waals surface area contributed by atoms with Gasteiger partial charge in [-0.15, -0.1) is 0 Å². The lowest BCUT2D eigenvalue weighted by atomic mass is 10.1. The summed E-state index contributed by atoms with van der Waals surface area (Å²) in [6.07, 6.45) is 1.39. The van der Waals surface area contributed by atoms with E-state index in [4.69, 9.17) is 10.2 Å². The molecule has 7 heteroatoms. The molecule has 4 N–H and O–H groups in total. The normalized spacial score (nSPS) is 12.5. The molecule has 0 radical (unpaired) electrons. The molecule has 0 fully saturated rings. The van der Waals surface area contributed by atoms with Crippen LogP contribution in [0.15, 0.2) is 22.6 Å². The third-order valence-electron chi connectivity index (χ3n) is 4.23. The summed E-state index contributed by atoms with van der Waals surface area (Å²) in [5.74, 6) is 0.474. The van der Waals surface area contributed by atoms with Crippen molar-refractivity contribution < 1.29 is 9.21 Å². The zero-order valence-corrected chi connectivity index (χ0v) is 14.7. The second-order valence-electron chi connectivity index (χ2n) is 6.30. The van der Waals surface area contributed by atoms with Crippen LogP contribution >= 0.6 is 0 Å². The topological polar surface area (TPSA) is 110 Å². The fraction of sp³-hybridized carbons (Fsp3) is 0.389. The molecular formula is C18H23N5O2. The molecule has 0 aliphatic heterocycles. The van der Waals surface area contributed by atoms with E-state index in [9.17, 15) is 4.79 Å². The first kappa shape index (κ1) is 17.2. The summed E-state index contributed by atoms with van der Waals surface area (Å²) in [5, 5.41) is 9.79. The SMILES string of the molecule is Cc1ccc2nc(CCCNC(=O)C(N)c3c(C)n[nH]c3C)oc2c1. The molecule has 132 valence electrons. The van der Waals surface area contributed by atoms with Crippen molar-refractivity contribution in [2.24, 2.45) is 5.73 Å². The molecular weight excluding hydrogens is 318 g/mol. The Morgan fingerprint density at radius 3 is 2.88 bits per heavy atom. The number of hydrogen-bond donors (Lipinski definition) is 3. The lowest BCUT2D eigenvalue weighted by molar-refractivity contribution is -0.122. The minimum Gasteiger partial charge on any atom is -0.441 e. The van der Waals surface area contributed by atoms with Gasteiger partial charge in [-0.05, 0) is 44.9 Å². The van der Waals surface area contributed by atoms with Gasteiger partial charge in [0.25, 0.3) is 0 Å². The van der Waals surface area contributed by atoms with E-state index in [1.54, 1.807) is 0 Å². The quantitative estimate of drug-likeness (QED) is 0.596. The highest BCUT2D eigenvalue weighted by atomic mass is 16.3. The highest BCUT2D eigenvalue weighted by Crippen LogP contribution is 2.19.